The zero-order valence-electron chi connectivity index (χ0n) is 20.6. The molecule has 15 heteroatoms. The van der Waals surface area contributed by atoms with Crippen LogP contribution in [0.3, 0.4) is 0 Å². The molecule has 0 saturated carbocycles. The molecule has 0 atom stereocenters. The first-order valence-electron chi connectivity index (χ1n) is 11.2. The number of pyridine rings is 3. The van der Waals surface area contributed by atoms with Gasteiger partial charge in [0.2, 0.25) is 0 Å². The Morgan fingerprint density at radius 3 is 0.952 bits per heavy atom. The summed E-state index contributed by atoms with van der Waals surface area (Å²) in [6.45, 7) is 0. The van der Waals surface area contributed by atoms with Gasteiger partial charge in [0.25, 0.3) is 0 Å². The van der Waals surface area contributed by atoms with Crippen molar-refractivity contribution in [1.82, 2.24) is 15.0 Å². The molecule has 6 aromatic rings. The van der Waals surface area contributed by atoms with Crippen molar-refractivity contribution in [3.8, 4) is 17.2 Å². The average Bonchev–Trinajstić information content (AvgIpc) is 2.99. The summed E-state index contributed by atoms with van der Waals surface area (Å²) >= 11 is 17.7. The Balaban J connectivity index is 0.000000165. The van der Waals surface area contributed by atoms with Crippen LogP contribution in [-0.2, 0) is 25.3 Å². The van der Waals surface area contributed by atoms with E-state index in [1.54, 1.807) is 36.8 Å². The van der Waals surface area contributed by atoms with Crippen LogP contribution in [0.2, 0.25) is 0 Å². The molecule has 0 unspecified atom stereocenters. The van der Waals surface area contributed by atoms with Crippen molar-refractivity contribution < 1.29 is 40.6 Å². The van der Waals surface area contributed by atoms with E-state index in [9.17, 15) is 15.3 Å². The van der Waals surface area contributed by atoms with Gasteiger partial charge in [0.15, 0.2) is 17.2 Å². The fraction of sp³-hybridized carbons (Fsp3) is 0. The second kappa shape index (κ2) is 16.5. The molecule has 42 heavy (non-hydrogen) atoms. The standard InChI is InChI=1S/3C9H5Br2NO.2O.W/c3*10-6-4-7(11)9(13)8-5(6)2-1-3-12-8;;;/h3*1-4,13H;;;. The van der Waals surface area contributed by atoms with Gasteiger partial charge in [-0.3, -0.25) is 15.0 Å². The van der Waals surface area contributed by atoms with Gasteiger partial charge in [-0.05, 0) is 84.2 Å². The normalized spacial score (nSPS) is 10.1. The molecular formula is C27H15Br6N3O5W. The van der Waals surface area contributed by atoms with Gasteiger partial charge in [-0.15, -0.1) is 0 Å². The third-order valence-corrected chi connectivity index (χ3v) is 9.09. The molecule has 3 aromatic heterocycles. The van der Waals surface area contributed by atoms with E-state index in [0.29, 0.717) is 30.0 Å². The Hall–Kier alpha value is -1.54. The Kier molecular flexibility index (Phi) is 13.7. The van der Waals surface area contributed by atoms with Gasteiger partial charge in [0, 0.05) is 48.2 Å². The molecule has 0 radical (unpaired) electrons. The summed E-state index contributed by atoms with van der Waals surface area (Å²) in [5, 5.41) is 31.7. The molecule has 0 amide bonds. The maximum atomic E-state index is 9.65. The van der Waals surface area contributed by atoms with E-state index in [2.05, 4.69) is 111 Å². The molecule has 3 heterocycles. The first-order valence-corrected chi connectivity index (χ1v) is 18.3. The van der Waals surface area contributed by atoms with Crippen molar-refractivity contribution in [1.29, 1.82) is 0 Å². The number of aromatic hydroxyl groups is 3. The van der Waals surface area contributed by atoms with Crippen molar-refractivity contribution in [3.63, 3.8) is 0 Å². The second-order valence-corrected chi connectivity index (χ2v) is 13.4. The summed E-state index contributed by atoms with van der Waals surface area (Å²) in [4.78, 5) is 12.3. The van der Waals surface area contributed by atoms with Gasteiger partial charge in [0.05, 0.1) is 13.4 Å². The van der Waals surface area contributed by atoms with Crippen molar-refractivity contribution in [3.05, 3.63) is 100 Å². The number of phenolic OH excluding ortho intramolecular Hbond substituents is 3. The number of benzene rings is 3. The molecule has 3 aromatic carbocycles. The van der Waals surface area contributed by atoms with Crippen LogP contribution >= 0.6 is 95.6 Å². The number of nitrogens with zero attached hydrogens (tertiary/aromatic N) is 3. The van der Waals surface area contributed by atoms with Gasteiger partial charge in [-0.1, -0.05) is 66.0 Å². The van der Waals surface area contributed by atoms with E-state index in [4.69, 9.17) is 6.80 Å². The molecule has 216 valence electrons. The Labute approximate surface area is 297 Å². The molecule has 0 aliphatic rings. The Morgan fingerprint density at radius 1 is 0.476 bits per heavy atom. The molecule has 0 aliphatic carbocycles. The van der Waals surface area contributed by atoms with Gasteiger partial charge in [0.1, 0.15) is 16.6 Å². The van der Waals surface area contributed by atoms with Crippen molar-refractivity contribution in [2.24, 2.45) is 0 Å². The second-order valence-electron chi connectivity index (χ2n) is 7.83. The number of aromatic nitrogens is 3. The first kappa shape index (κ1) is 34.9. The summed E-state index contributed by atoms with van der Waals surface area (Å²) < 4.78 is 21.8. The Morgan fingerprint density at radius 2 is 0.714 bits per heavy atom. The van der Waals surface area contributed by atoms with Crippen LogP contribution in [0, 0.1) is 0 Å². The summed E-state index contributed by atoms with van der Waals surface area (Å²) in [7, 11) is 0. The average molecular weight is 1120 g/mol. The van der Waals surface area contributed by atoms with Gasteiger partial charge >= 0.3 is 25.3 Å². The van der Waals surface area contributed by atoms with Crippen LogP contribution in [0.5, 0.6) is 17.2 Å². The summed E-state index contributed by atoms with van der Waals surface area (Å²) in [6.07, 6.45) is 4.96. The summed E-state index contributed by atoms with van der Waals surface area (Å²) in [5.41, 5.74) is 1.80. The van der Waals surface area contributed by atoms with Crippen LogP contribution in [0.15, 0.2) is 100 Å². The number of rotatable bonds is 0. The maximum absolute atomic E-state index is 9.65. The van der Waals surface area contributed by atoms with E-state index in [1.165, 1.54) is 0 Å². The zero-order chi connectivity index (χ0) is 31.0. The van der Waals surface area contributed by atoms with Crippen LogP contribution in [-0.4, -0.2) is 30.3 Å². The number of phenols is 3. The predicted molar refractivity (Wildman–Crippen MR) is 178 cm³/mol. The summed E-state index contributed by atoms with van der Waals surface area (Å²) in [5.74, 6) is 0.538. The van der Waals surface area contributed by atoms with Crippen molar-refractivity contribution in [2.45, 2.75) is 0 Å². The minimum absolute atomic E-state index is 0.179. The van der Waals surface area contributed by atoms with E-state index < -0.39 is 18.5 Å². The molecule has 0 saturated heterocycles. The third kappa shape index (κ3) is 8.55. The fourth-order valence-electron chi connectivity index (χ4n) is 3.47. The minimum atomic E-state index is -2.25. The van der Waals surface area contributed by atoms with Crippen LogP contribution in [0.4, 0.5) is 0 Å². The molecule has 8 nitrogen and oxygen atoms in total. The quantitative estimate of drug-likeness (QED) is 0.137. The van der Waals surface area contributed by atoms with Crippen LogP contribution < -0.4 is 0 Å². The van der Waals surface area contributed by atoms with Crippen molar-refractivity contribution in [2.75, 3.05) is 0 Å². The monoisotopic (exact) mass is 1120 g/mol. The predicted octanol–water partition coefficient (Wildman–Crippen LogP) is 10.2. The third-order valence-electron chi connectivity index (χ3n) is 5.31. The number of hydrogen-bond donors (Lipinski definition) is 3. The molecule has 0 aliphatic heterocycles. The molecular weight excluding hydrogens is 1110 g/mol. The Bertz CT molecular complexity index is 1730. The number of hydrogen-bond acceptors (Lipinski definition) is 8. The van der Waals surface area contributed by atoms with Gasteiger partial charge in [-0.25, -0.2) is 0 Å². The fourth-order valence-corrected chi connectivity index (χ4v) is 7.29. The molecule has 0 bridgehead atoms. The van der Waals surface area contributed by atoms with Crippen LogP contribution in [0.1, 0.15) is 0 Å². The van der Waals surface area contributed by atoms with Crippen molar-refractivity contribution >= 4 is 128 Å². The molecule has 0 spiro atoms. The van der Waals surface area contributed by atoms with Gasteiger partial charge in [-0.2, -0.15) is 0 Å². The molecule has 0 fully saturated rings. The number of fused-ring (bicyclic) bond motifs is 3. The molecule has 6 rings (SSSR count). The van der Waals surface area contributed by atoms with E-state index in [0.717, 1.165) is 29.6 Å². The van der Waals surface area contributed by atoms with E-state index in [1.807, 2.05) is 36.4 Å². The van der Waals surface area contributed by atoms with E-state index >= 15 is 0 Å². The first-order chi connectivity index (χ1) is 20.0. The summed E-state index contributed by atoms with van der Waals surface area (Å²) in [6, 6.07) is 16.6. The van der Waals surface area contributed by atoms with Crippen LogP contribution in [0.25, 0.3) is 32.7 Å². The topological polar surface area (TPSA) is 134 Å². The van der Waals surface area contributed by atoms with Gasteiger partial charge < -0.3 is 15.3 Å². The SMILES string of the molecule is Oc1c(Br)cc(Br)c2cccnc12.Oc1c(Br)cc(Br)c2cccnc12.Oc1c(Br)cc(Br)c2cccnc12.[O]=[W]=[O]. The van der Waals surface area contributed by atoms with E-state index in [-0.39, 0.29) is 17.2 Å². The number of halogens is 6. The zero-order valence-corrected chi connectivity index (χ0v) is 33.1. The molecule has 3 N–H and O–H groups in total.